The molecule has 2 aromatic rings. The summed E-state index contributed by atoms with van der Waals surface area (Å²) >= 11 is 0. The van der Waals surface area contributed by atoms with Crippen LogP contribution in [0.3, 0.4) is 0 Å². The van der Waals surface area contributed by atoms with Crippen molar-refractivity contribution in [2.24, 2.45) is 0 Å². The van der Waals surface area contributed by atoms with E-state index in [2.05, 4.69) is 25.1 Å². The van der Waals surface area contributed by atoms with Crippen molar-refractivity contribution in [1.29, 1.82) is 0 Å². The van der Waals surface area contributed by atoms with Gasteiger partial charge in [-0.3, -0.25) is 4.79 Å². The third-order valence-corrected chi connectivity index (χ3v) is 3.74. The number of nitrogens with zero attached hydrogens (tertiary/aromatic N) is 5. The lowest BCUT2D eigenvalue weighted by Crippen LogP contribution is -2.49. The quantitative estimate of drug-likeness (QED) is 0.859. The number of hydrogen-bond acceptors (Lipinski definition) is 7. The van der Waals surface area contributed by atoms with Crippen LogP contribution in [-0.4, -0.2) is 71.4 Å². The Morgan fingerprint density at radius 3 is 2.57 bits per heavy atom. The number of aromatic amines is 1. The number of carbonyl (C=O) groups is 1. The van der Waals surface area contributed by atoms with E-state index in [4.69, 9.17) is 9.47 Å². The molecule has 2 aromatic heterocycles. The van der Waals surface area contributed by atoms with E-state index in [9.17, 15) is 4.79 Å². The maximum Gasteiger partial charge on any atom is 0.259 e. The predicted octanol–water partition coefficient (Wildman–Crippen LogP) is 0.179. The molecule has 3 rings (SSSR count). The largest absolute Gasteiger partial charge is 0.481 e. The molecule has 0 radical (unpaired) electrons. The molecule has 1 aliphatic rings. The van der Waals surface area contributed by atoms with Gasteiger partial charge in [-0.05, 0) is 6.07 Å². The number of anilines is 1. The summed E-state index contributed by atoms with van der Waals surface area (Å²) in [6.07, 6.45) is 1.47. The Hall–Kier alpha value is -2.84. The van der Waals surface area contributed by atoms with Crippen LogP contribution < -0.4 is 14.4 Å². The van der Waals surface area contributed by atoms with Crippen molar-refractivity contribution in [1.82, 2.24) is 25.1 Å². The van der Waals surface area contributed by atoms with Crippen molar-refractivity contribution in [3.63, 3.8) is 0 Å². The van der Waals surface area contributed by atoms with E-state index >= 15 is 0 Å². The monoisotopic (exact) mass is 318 g/mol. The van der Waals surface area contributed by atoms with Crippen LogP contribution in [0, 0.1) is 0 Å². The molecule has 0 unspecified atom stereocenters. The van der Waals surface area contributed by atoms with Gasteiger partial charge in [-0.15, -0.1) is 0 Å². The molecule has 1 saturated heterocycles. The highest BCUT2D eigenvalue weighted by atomic mass is 16.5. The van der Waals surface area contributed by atoms with Gasteiger partial charge in [0, 0.05) is 32.2 Å². The molecule has 0 atom stereocenters. The summed E-state index contributed by atoms with van der Waals surface area (Å²) < 4.78 is 10.3. The molecule has 9 nitrogen and oxygen atoms in total. The Morgan fingerprint density at radius 2 is 1.96 bits per heavy atom. The first-order chi connectivity index (χ1) is 11.2. The normalized spacial score (nSPS) is 14.7. The topological polar surface area (TPSA) is 96.5 Å². The fraction of sp³-hybridized carbons (Fsp3) is 0.429. The van der Waals surface area contributed by atoms with Gasteiger partial charge < -0.3 is 19.3 Å². The number of hydrogen-bond donors (Lipinski definition) is 1. The predicted molar refractivity (Wildman–Crippen MR) is 81.8 cm³/mol. The molecule has 3 heterocycles. The summed E-state index contributed by atoms with van der Waals surface area (Å²) in [6.45, 7) is 2.56. The van der Waals surface area contributed by atoms with Crippen LogP contribution in [-0.2, 0) is 0 Å². The lowest BCUT2D eigenvalue weighted by atomic mass is 10.2. The highest BCUT2D eigenvalue weighted by Crippen LogP contribution is 2.22. The summed E-state index contributed by atoms with van der Waals surface area (Å²) in [7, 11) is 3.01. The molecule has 1 N–H and O–H groups in total. The molecule has 0 saturated carbocycles. The minimum absolute atomic E-state index is 0.103. The van der Waals surface area contributed by atoms with Gasteiger partial charge in [0.25, 0.3) is 5.91 Å². The zero-order valence-electron chi connectivity index (χ0n) is 13.0. The number of carbonyl (C=O) groups excluding carboxylic acids is 1. The highest BCUT2D eigenvalue weighted by molar-refractivity contribution is 5.96. The van der Waals surface area contributed by atoms with Gasteiger partial charge in [0.2, 0.25) is 17.7 Å². The van der Waals surface area contributed by atoms with E-state index in [-0.39, 0.29) is 11.8 Å². The number of methoxy groups -OCH3 is 2. The summed E-state index contributed by atoms with van der Waals surface area (Å²) in [4.78, 5) is 24.8. The van der Waals surface area contributed by atoms with Crippen LogP contribution in [0.5, 0.6) is 11.8 Å². The van der Waals surface area contributed by atoms with Crippen LogP contribution in [0.1, 0.15) is 10.4 Å². The Kier molecular flexibility index (Phi) is 4.26. The third-order valence-electron chi connectivity index (χ3n) is 3.74. The summed E-state index contributed by atoms with van der Waals surface area (Å²) in [5.41, 5.74) is 0.432. The minimum Gasteiger partial charge on any atom is -0.481 e. The van der Waals surface area contributed by atoms with Crippen molar-refractivity contribution >= 4 is 11.9 Å². The fourth-order valence-corrected chi connectivity index (χ4v) is 2.50. The number of aromatic nitrogens is 4. The lowest BCUT2D eigenvalue weighted by molar-refractivity contribution is 0.0742. The second-order valence-electron chi connectivity index (χ2n) is 5.00. The molecule has 0 spiro atoms. The first-order valence-corrected chi connectivity index (χ1v) is 7.21. The average Bonchev–Trinajstić information content (AvgIpc) is 3.15. The smallest absolute Gasteiger partial charge is 0.259 e. The van der Waals surface area contributed by atoms with Crippen LogP contribution in [0.25, 0.3) is 0 Å². The van der Waals surface area contributed by atoms with Crippen LogP contribution in [0.15, 0.2) is 18.5 Å². The van der Waals surface area contributed by atoms with Gasteiger partial charge in [-0.1, -0.05) is 0 Å². The van der Waals surface area contributed by atoms with Gasteiger partial charge in [0.15, 0.2) is 0 Å². The second kappa shape index (κ2) is 6.51. The molecule has 9 heteroatoms. The van der Waals surface area contributed by atoms with Crippen LogP contribution in [0.4, 0.5) is 5.95 Å². The van der Waals surface area contributed by atoms with Crippen molar-refractivity contribution in [2.75, 3.05) is 45.3 Å². The molecule has 0 aromatic carbocycles. The van der Waals surface area contributed by atoms with Gasteiger partial charge >= 0.3 is 0 Å². The van der Waals surface area contributed by atoms with E-state index < -0.39 is 0 Å². The van der Waals surface area contributed by atoms with Crippen LogP contribution >= 0.6 is 0 Å². The molecular weight excluding hydrogens is 300 g/mol. The van der Waals surface area contributed by atoms with Gasteiger partial charge in [0.1, 0.15) is 11.9 Å². The zero-order chi connectivity index (χ0) is 16.2. The number of amides is 1. The van der Waals surface area contributed by atoms with Crippen molar-refractivity contribution < 1.29 is 14.3 Å². The Balaban J connectivity index is 1.70. The summed E-state index contributed by atoms with van der Waals surface area (Å²) in [5.74, 6) is 1.30. The summed E-state index contributed by atoms with van der Waals surface area (Å²) in [6, 6.07) is 3.33. The zero-order valence-corrected chi connectivity index (χ0v) is 13.0. The van der Waals surface area contributed by atoms with Crippen molar-refractivity contribution in [3.05, 3.63) is 24.0 Å². The lowest BCUT2D eigenvalue weighted by Gasteiger charge is -2.34. The molecule has 122 valence electrons. The van der Waals surface area contributed by atoms with E-state index in [0.717, 1.165) is 5.95 Å². The maximum atomic E-state index is 12.7. The molecule has 1 fully saturated rings. The molecule has 23 heavy (non-hydrogen) atoms. The molecule has 1 amide bonds. The molecular formula is C14H18N6O3. The fourth-order valence-electron chi connectivity index (χ4n) is 2.50. The number of rotatable bonds is 4. The van der Waals surface area contributed by atoms with Crippen molar-refractivity contribution in [3.8, 4) is 11.8 Å². The second-order valence-corrected chi connectivity index (χ2v) is 5.00. The Bertz CT molecular complexity index is 667. The number of ether oxygens (including phenoxy) is 2. The standard InChI is InChI=1S/C14H18N6O3/c1-22-11-4-3-10(12(17-11)23-2)13(21)19-5-7-20(8-6-19)14-15-9-16-18-14/h3-4,9H,5-8H2,1-2H3,(H,15,16,18). The van der Waals surface area contributed by atoms with Crippen molar-refractivity contribution in [2.45, 2.75) is 0 Å². The maximum absolute atomic E-state index is 12.7. The van der Waals surface area contributed by atoms with E-state index in [1.807, 2.05) is 0 Å². The Labute approximate surface area is 133 Å². The van der Waals surface area contributed by atoms with E-state index in [1.165, 1.54) is 20.5 Å². The SMILES string of the molecule is COc1ccc(C(=O)N2CCN(c3ncn[nH]3)CC2)c(OC)n1. The van der Waals surface area contributed by atoms with E-state index in [0.29, 0.717) is 37.6 Å². The minimum atomic E-state index is -0.103. The summed E-state index contributed by atoms with van der Waals surface area (Å²) in [5, 5.41) is 6.67. The third kappa shape index (κ3) is 3.03. The first-order valence-electron chi connectivity index (χ1n) is 7.21. The Morgan fingerprint density at radius 1 is 1.17 bits per heavy atom. The number of pyridine rings is 1. The van der Waals surface area contributed by atoms with Crippen LogP contribution in [0.2, 0.25) is 0 Å². The van der Waals surface area contributed by atoms with Gasteiger partial charge in [-0.25, -0.2) is 5.10 Å². The number of piperazine rings is 1. The van der Waals surface area contributed by atoms with E-state index in [1.54, 1.807) is 17.0 Å². The van der Waals surface area contributed by atoms with Gasteiger partial charge in [-0.2, -0.15) is 15.1 Å². The molecule has 0 aliphatic carbocycles. The molecule has 1 aliphatic heterocycles. The van der Waals surface area contributed by atoms with Gasteiger partial charge in [0.05, 0.1) is 14.2 Å². The first kappa shape index (κ1) is 15.1. The number of nitrogens with one attached hydrogen (secondary N) is 1. The highest BCUT2D eigenvalue weighted by Gasteiger charge is 2.26. The number of H-pyrrole nitrogens is 1. The average molecular weight is 318 g/mol. The molecule has 0 bridgehead atoms.